The SMILES string of the molecule is CC(C)Oc1ccc(-c2cc(F)ccc2C(=O)O)cc1. The summed E-state index contributed by atoms with van der Waals surface area (Å²) in [4.78, 5) is 11.2. The molecular formula is C16H15FO3. The summed E-state index contributed by atoms with van der Waals surface area (Å²) >= 11 is 0. The molecule has 2 rings (SSSR count). The number of carboxylic acids is 1. The van der Waals surface area contributed by atoms with E-state index in [9.17, 15) is 9.18 Å². The Morgan fingerprint density at radius 3 is 2.35 bits per heavy atom. The molecule has 0 heterocycles. The van der Waals surface area contributed by atoms with Crippen molar-refractivity contribution in [1.29, 1.82) is 0 Å². The molecule has 0 aromatic heterocycles. The average molecular weight is 274 g/mol. The molecule has 0 amide bonds. The van der Waals surface area contributed by atoms with Gasteiger partial charge in [-0.05, 0) is 55.3 Å². The van der Waals surface area contributed by atoms with Crippen LogP contribution in [-0.4, -0.2) is 17.2 Å². The molecule has 3 nitrogen and oxygen atoms in total. The highest BCUT2D eigenvalue weighted by Gasteiger charge is 2.12. The number of hydrogen-bond donors (Lipinski definition) is 1. The smallest absolute Gasteiger partial charge is 0.336 e. The van der Waals surface area contributed by atoms with Crippen LogP contribution >= 0.6 is 0 Å². The van der Waals surface area contributed by atoms with Gasteiger partial charge in [0.1, 0.15) is 11.6 Å². The third-order valence-corrected chi connectivity index (χ3v) is 2.75. The minimum absolute atomic E-state index is 0.0598. The summed E-state index contributed by atoms with van der Waals surface area (Å²) in [6.45, 7) is 3.84. The van der Waals surface area contributed by atoms with Crippen molar-refractivity contribution in [3.63, 3.8) is 0 Å². The Kier molecular flexibility index (Phi) is 4.03. The van der Waals surface area contributed by atoms with Gasteiger partial charge in [-0.3, -0.25) is 0 Å². The quantitative estimate of drug-likeness (QED) is 0.917. The number of hydrogen-bond acceptors (Lipinski definition) is 2. The van der Waals surface area contributed by atoms with Crippen molar-refractivity contribution in [3.05, 3.63) is 53.8 Å². The Morgan fingerprint density at radius 1 is 1.15 bits per heavy atom. The molecule has 0 saturated carbocycles. The summed E-state index contributed by atoms with van der Waals surface area (Å²) in [7, 11) is 0. The number of aromatic carboxylic acids is 1. The fourth-order valence-electron chi connectivity index (χ4n) is 1.93. The summed E-state index contributed by atoms with van der Waals surface area (Å²) < 4.78 is 18.8. The van der Waals surface area contributed by atoms with E-state index in [1.807, 2.05) is 13.8 Å². The van der Waals surface area contributed by atoms with Gasteiger partial charge in [0.2, 0.25) is 0 Å². The molecule has 0 bridgehead atoms. The summed E-state index contributed by atoms with van der Waals surface area (Å²) in [5, 5.41) is 9.14. The Labute approximate surface area is 116 Å². The van der Waals surface area contributed by atoms with E-state index in [1.54, 1.807) is 24.3 Å². The van der Waals surface area contributed by atoms with Crippen LogP contribution in [0.3, 0.4) is 0 Å². The molecule has 0 aliphatic heterocycles. The second-order valence-corrected chi connectivity index (χ2v) is 4.69. The molecule has 1 N–H and O–H groups in total. The van der Waals surface area contributed by atoms with E-state index >= 15 is 0 Å². The van der Waals surface area contributed by atoms with Crippen molar-refractivity contribution < 1.29 is 19.0 Å². The van der Waals surface area contributed by atoms with Crippen molar-refractivity contribution in [2.24, 2.45) is 0 Å². The van der Waals surface area contributed by atoms with E-state index in [4.69, 9.17) is 9.84 Å². The van der Waals surface area contributed by atoms with Gasteiger partial charge < -0.3 is 9.84 Å². The lowest BCUT2D eigenvalue weighted by Gasteiger charge is -2.11. The van der Waals surface area contributed by atoms with Crippen molar-refractivity contribution in [2.75, 3.05) is 0 Å². The number of carboxylic acid groups (broad SMARTS) is 1. The first-order valence-electron chi connectivity index (χ1n) is 6.27. The van der Waals surface area contributed by atoms with Crippen molar-refractivity contribution in [1.82, 2.24) is 0 Å². The molecule has 20 heavy (non-hydrogen) atoms. The second-order valence-electron chi connectivity index (χ2n) is 4.69. The van der Waals surface area contributed by atoms with Gasteiger partial charge in [-0.15, -0.1) is 0 Å². The van der Waals surface area contributed by atoms with Gasteiger partial charge in [-0.25, -0.2) is 9.18 Å². The fraction of sp³-hybridized carbons (Fsp3) is 0.188. The molecule has 0 fully saturated rings. The van der Waals surface area contributed by atoms with Crippen LogP contribution in [-0.2, 0) is 0 Å². The molecule has 0 atom stereocenters. The Morgan fingerprint density at radius 2 is 1.80 bits per heavy atom. The lowest BCUT2D eigenvalue weighted by molar-refractivity contribution is 0.0697. The molecule has 0 unspecified atom stereocenters. The minimum Gasteiger partial charge on any atom is -0.491 e. The van der Waals surface area contributed by atoms with Crippen LogP contribution in [0.15, 0.2) is 42.5 Å². The Bertz CT molecular complexity index is 618. The van der Waals surface area contributed by atoms with Crippen molar-refractivity contribution in [2.45, 2.75) is 20.0 Å². The fourth-order valence-corrected chi connectivity index (χ4v) is 1.93. The molecule has 0 spiro atoms. The minimum atomic E-state index is -1.08. The highest BCUT2D eigenvalue weighted by atomic mass is 19.1. The first-order valence-corrected chi connectivity index (χ1v) is 6.27. The first-order chi connectivity index (χ1) is 9.47. The van der Waals surface area contributed by atoms with Crippen LogP contribution < -0.4 is 4.74 Å². The maximum Gasteiger partial charge on any atom is 0.336 e. The number of halogens is 1. The zero-order chi connectivity index (χ0) is 14.7. The van der Waals surface area contributed by atoms with E-state index < -0.39 is 11.8 Å². The third kappa shape index (κ3) is 3.15. The van der Waals surface area contributed by atoms with Crippen LogP contribution in [0.1, 0.15) is 24.2 Å². The summed E-state index contributed by atoms with van der Waals surface area (Å²) in [5.41, 5.74) is 1.07. The van der Waals surface area contributed by atoms with E-state index in [-0.39, 0.29) is 11.7 Å². The van der Waals surface area contributed by atoms with Crippen molar-refractivity contribution >= 4 is 5.97 Å². The topological polar surface area (TPSA) is 46.5 Å². The standard InChI is InChI=1S/C16H15FO3/c1-10(2)20-13-6-3-11(4-7-13)15-9-12(17)5-8-14(15)16(18)19/h3-10H,1-2H3,(H,18,19). The Hall–Kier alpha value is -2.36. The van der Waals surface area contributed by atoms with Crippen LogP contribution in [0.25, 0.3) is 11.1 Å². The third-order valence-electron chi connectivity index (χ3n) is 2.75. The normalized spacial score (nSPS) is 10.6. The number of carbonyl (C=O) groups is 1. The predicted octanol–water partition coefficient (Wildman–Crippen LogP) is 3.98. The van der Waals surface area contributed by atoms with Gasteiger partial charge in [0, 0.05) is 0 Å². The molecule has 104 valence electrons. The van der Waals surface area contributed by atoms with E-state index in [2.05, 4.69) is 0 Å². The van der Waals surface area contributed by atoms with Crippen LogP contribution in [0.4, 0.5) is 4.39 Å². The molecule has 0 saturated heterocycles. The van der Waals surface area contributed by atoms with Gasteiger partial charge in [-0.1, -0.05) is 12.1 Å². The highest BCUT2D eigenvalue weighted by molar-refractivity contribution is 5.96. The molecule has 0 radical (unpaired) electrons. The van der Waals surface area contributed by atoms with Gasteiger partial charge in [0.25, 0.3) is 0 Å². The van der Waals surface area contributed by atoms with Gasteiger partial charge in [-0.2, -0.15) is 0 Å². The molecule has 4 heteroatoms. The average Bonchev–Trinajstić information content (AvgIpc) is 2.38. The van der Waals surface area contributed by atoms with E-state index in [0.717, 1.165) is 6.07 Å². The summed E-state index contributed by atoms with van der Waals surface area (Å²) in [5.74, 6) is -0.855. The lowest BCUT2D eigenvalue weighted by Crippen LogP contribution is -2.05. The molecule has 0 aliphatic rings. The maximum absolute atomic E-state index is 13.3. The highest BCUT2D eigenvalue weighted by Crippen LogP contribution is 2.27. The Balaban J connectivity index is 2.41. The van der Waals surface area contributed by atoms with Gasteiger partial charge >= 0.3 is 5.97 Å². The summed E-state index contributed by atoms with van der Waals surface area (Å²) in [6.07, 6.45) is 0.0598. The second kappa shape index (κ2) is 5.74. The molecular weight excluding hydrogens is 259 g/mol. The van der Waals surface area contributed by atoms with E-state index in [0.29, 0.717) is 16.9 Å². The lowest BCUT2D eigenvalue weighted by atomic mass is 9.99. The van der Waals surface area contributed by atoms with Gasteiger partial charge in [0.15, 0.2) is 0 Å². The molecule has 2 aromatic carbocycles. The van der Waals surface area contributed by atoms with Crippen LogP contribution in [0, 0.1) is 5.82 Å². The zero-order valence-electron chi connectivity index (χ0n) is 11.3. The van der Waals surface area contributed by atoms with Crippen LogP contribution in [0.5, 0.6) is 5.75 Å². The van der Waals surface area contributed by atoms with E-state index in [1.165, 1.54) is 12.1 Å². The molecule has 2 aromatic rings. The van der Waals surface area contributed by atoms with Crippen molar-refractivity contribution in [3.8, 4) is 16.9 Å². The zero-order valence-corrected chi connectivity index (χ0v) is 11.3. The number of benzene rings is 2. The molecule has 0 aliphatic carbocycles. The maximum atomic E-state index is 13.3. The number of ether oxygens (including phenoxy) is 1. The predicted molar refractivity (Wildman–Crippen MR) is 74.6 cm³/mol. The van der Waals surface area contributed by atoms with Crippen LogP contribution in [0.2, 0.25) is 0 Å². The number of rotatable bonds is 4. The first kappa shape index (κ1) is 14.1. The van der Waals surface area contributed by atoms with Gasteiger partial charge in [0.05, 0.1) is 11.7 Å². The summed E-state index contributed by atoms with van der Waals surface area (Å²) in [6, 6.07) is 10.6. The monoisotopic (exact) mass is 274 g/mol. The largest absolute Gasteiger partial charge is 0.491 e.